The maximum atomic E-state index is 11.1. The Kier molecular flexibility index (Phi) is 4.11. The number of halogens is 1. The van der Waals surface area contributed by atoms with Gasteiger partial charge in [-0.3, -0.25) is 4.79 Å². The van der Waals surface area contributed by atoms with Crippen molar-refractivity contribution >= 4 is 17.3 Å². The fourth-order valence-corrected chi connectivity index (χ4v) is 1.10. The van der Waals surface area contributed by atoms with E-state index in [1.54, 1.807) is 0 Å². The van der Waals surface area contributed by atoms with Crippen molar-refractivity contribution in [3.63, 3.8) is 0 Å². The van der Waals surface area contributed by atoms with E-state index in [9.17, 15) is 4.79 Å². The zero-order valence-electron chi connectivity index (χ0n) is 9.04. The van der Waals surface area contributed by atoms with Gasteiger partial charge in [-0.1, -0.05) is 11.6 Å². The standard InChI is InChI=1S/C9H15ClN4O/c1-6(14(2)3)4-11-7-5-12-13-9(15)8(7)10/h5-6H,4H2,1-3H3,(H2,11,13,15). The van der Waals surface area contributed by atoms with Crippen LogP contribution >= 0.6 is 11.6 Å². The van der Waals surface area contributed by atoms with E-state index in [4.69, 9.17) is 11.6 Å². The molecule has 0 aliphatic rings. The quantitative estimate of drug-likeness (QED) is 0.803. The minimum atomic E-state index is -0.376. The molecule has 84 valence electrons. The Morgan fingerprint density at radius 1 is 1.67 bits per heavy atom. The first-order valence-electron chi connectivity index (χ1n) is 4.66. The molecule has 1 aromatic heterocycles. The third-order valence-electron chi connectivity index (χ3n) is 2.27. The average Bonchev–Trinajstić information content (AvgIpc) is 2.19. The summed E-state index contributed by atoms with van der Waals surface area (Å²) in [6.07, 6.45) is 1.51. The predicted octanol–water partition coefficient (Wildman–Crippen LogP) is 0.785. The Hall–Kier alpha value is -1.07. The highest BCUT2D eigenvalue weighted by Crippen LogP contribution is 2.14. The molecule has 0 saturated heterocycles. The summed E-state index contributed by atoms with van der Waals surface area (Å²) >= 11 is 5.80. The summed E-state index contributed by atoms with van der Waals surface area (Å²) in [5.74, 6) is 0. The first-order valence-corrected chi connectivity index (χ1v) is 5.03. The van der Waals surface area contributed by atoms with Crippen LogP contribution in [0.2, 0.25) is 5.02 Å². The molecular formula is C9H15ClN4O. The largest absolute Gasteiger partial charge is 0.381 e. The monoisotopic (exact) mass is 230 g/mol. The van der Waals surface area contributed by atoms with Crippen LogP contribution in [0.1, 0.15) is 6.92 Å². The molecule has 0 aliphatic carbocycles. The van der Waals surface area contributed by atoms with Crippen LogP contribution in [-0.4, -0.2) is 41.8 Å². The van der Waals surface area contributed by atoms with Crippen molar-refractivity contribution in [2.24, 2.45) is 0 Å². The van der Waals surface area contributed by atoms with Gasteiger partial charge in [0.2, 0.25) is 0 Å². The minimum Gasteiger partial charge on any atom is -0.381 e. The van der Waals surface area contributed by atoms with Gasteiger partial charge >= 0.3 is 0 Å². The van der Waals surface area contributed by atoms with Gasteiger partial charge in [0, 0.05) is 12.6 Å². The third-order valence-corrected chi connectivity index (χ3v) is 2.64. The van der Waals surface area contributed by atoms with Crippen LogP contribution in [0.4, 0.5) is 5.69 Å². The number of likely N-dealkylation sites (N-methyl/N-ethyl adjacent to an activating group) is 1. The van der Waals surface area contributed by atoms with Crippen LogP contribution in [0.25, 0.3) is 0 Å². The lowest BCUT2D eigenvalue weighted by Crippen LogP contribution is -2.31. The lowest BCUT2D eigenvalue weighted by molar-refractivity contribution is 0.326. The first-order chi connectivity index (χ1) is 7.02. The maximum Gasteiger partial charge on any atom is 0.285 e. The fraction of sp³-hybridized carbons (Fsp3) is 0.556. The van der Waals surface area contributed by atoms with Crippen LogP contribution in [0.5, 0.6) is 0 Å². The number of H-pyrrole nitrogens is 1. The van der Waals surface area contributed by atoms with Gasteiger partial charge in [0.15, 0.2) is 0 Å². The van der Waals surface area contributed by atoms with Gasteiger partial charge in [-0.05, 0) is 21.0 Å². The van der Waals surface area contributed by atoms with E-state index < -0.39 is 0 Å². The van der Waals surface area contributed by atoms with Crippen LogP contribution in [0.15, 0.2) is 11.0 Å². The summed E-state index contributed by atoms with van der Waals surface area (Å²) < 4.78 is 0. The van der Waals surface area contributed by atoms with Crippen molar-refractivity contribution in [1.29, 1.82) is 0 Å². The van der Waals surface area contributed by atoms with Gasteiger partial charge in [0.25, 0.3) is 5.56 Å². The number of hydrogen-bond donors (Lipinski definition) is 2. The molecule has 1 atom stereocenters. The SMILES string of the molecule is CC(CNc1cn[nH]c(=O)c1Cl)N(C)C. The molecule has 1 aromatic rings. The summed E-state index contributed by atoms with van der Waals surface area (Å²) in [5, 5.41) is 9.16. The van der Waals surface area contributed by atoms with E-state index in [0.717, 1.165) is 0 Å². The first kappa shape index (κ1) is 12.0. The lowest BCUT2D eigenvalue weighted by atomic mass is 10.3. The van der Waals surface area contributed by atoms with Crippen molar-refractivity contribution in [1.82, 2.24) is 15.1 Å². The molecule has 0 amide bonds. The smallest absolute Gasteiger partial charge is 0.285 e. The topological polar surface area (TPSA) is 61.0 Å². The molecule has 0 aliphatic heterocycles. The molecule has 2 N–H and O–H groups in total. The van der Waals surface area contributed by atoms with Crippen molar-refractivity contribution in [3.8, 4) is 0 Å². The molecule has 0 fully saturated rings. The van der Waals surface area contributed by atoms with E-state index in [2.05, 4.69) is 27.3 Å². The van der Waals surface area contributed by atoms with E-state index in [1.807, 2.05) is 14.1 Å². The van der Waals surface area contributed by atoms with Crippen molar-refractivity contribution in [2.75, 3.05) is 26.0 Å². The second-order valence-electron chi connectivity index (χ2n) is 3.62. The molecule has 5 nitrogen and oxygen atoms in total. The number of nitrogens with zero attached hydrogens (tertiary/aromatic N) is 2. The Labute approximate surface area is 93.4 Å². The Morgan fingerprint density at radius 3 is 2.93 bits per heavy atom. The van der Waals surface area contributed by atoms with Crippen LogP contribution in [-0.2, 0) is 0 Å². The number of anilines is 1. The van der Waals surface area contributed by atoms with Crippen molar-refractivity contribution in [3.05, 3.63) is 21.6 Å². The molecule has 0 saturated carbocycles. The highest BCUT2D eigenvalue weighted by Gasteiger charge is 2.07. The Morgan fingerprint density at radius 2 is 2.33 bits per heavy atom. The van der Waals surface area contributed by atoms with E-state index in [-0.39, 0.29) is 10.6 Å². The summed E-state index contributed by atoms with van der Waals surface area (Å²) in [4.78, 5) is 13.2. The predicted molar refractivity (Wildman–Crippen MR) is 61.5 cm³/mol. The third kappa shape index (κ3) is 3.21. The molecule has 0 radical (unpaired) electrons. The Balaban J connectivity index is 2.66. The Bertz CT molecular complexity index is 377. The molecule has 0 spiro atoms. The van der Waals surface area contributed by atoms with E-state index in [1.165, 1.54) is 6.20 Å². The zero-order chi connectivity index (χ0) is 11.4. The van der Waals surface area contributed by atoms with Gasteiger partial charge in [-0.2, -0.15) is 5.10 Å². The average molecular weight is 231 g/mol. The fourth-order valence-electron chi connectivity index (χ4n) is 0.947. The number of rotatable bonds is 4. The van der Waals surface area contributed by atoms with Crippen LogP contribution < -0.4 is 10.9 Å². The minimum absolute atomic E-state index is 0.149. The van der Waals surface area contributed by atoms with Gasteiger partial charge in [-0.25, -0.2) is 5.10 Å². The van der Waals surface area contributed by atoms with Gasteiger partial charge in [-0.15, -0.1) is 0 Å². The number of nitrogens with one attached hydrogen (secondary N) is 2. The van der Waals surface area contributed by atoms with E-state index in [0.29, 0.717) is 18.3 Å². The van der Waals surface area contributed by atoms with Gasteiger partial charge in [0.05, 0.1) is 11.9 Å². The summed E-state index contributed by atoms with van der Waals surface area (Å²) in [6.45, 7) is 2.78. The van der Waals surface area contributed by atoms with Crippen LogP contribution in [0, 0.1) is 0 Å². The highest BCUT2D eigenvalue weighted by atomic mass is 35.5. The second kappa shape index (κ2) is 5.14. The zero-order valence-corrected chi connectivity index (χ0v) is 9.80. The summed E-state index contributed by atoms with van der Waals surface area (Å²) in [6, 6.07) is 0.348. The molecule has 1 rings (SSSR count). The molecule has 0 bridgehead atoms. The van der Waals surface area contributed by atoms with Crippen molar-refractivity contribution < 1.29 is 0 Å². The lowest BCUT2D eigenvalue weighted by Gasteiger charge is -2.20. The highest BCUT2D eigenvalue weighted by molar-refractivity contribution is 6.32. The molecule has 1 heterocycles. The molecular weight excluding hydrogens is 216 g/mol. The number of hydrogen-bond acceptors (Lipinski definition) is 4. The van der Waals surface area contributed by atoms with Crippen LogP contribution in [0.3, 0.4) is 0 Å². The van der Waals surface area contributed by atoms with Gasteiger partial charge in [0.1, 0.15) is 5.02 Å². The second-order valence-corrected chi connectivity index (χ2v) is 4.00. The molecule has 6 heteroatoms. The summed E-state index contributed by atoms with van der Waals surface area (Å²) in [5.41, 5.74) is 0.188. The van der Waals surface area contributed by atoms with Gasteiger partial charge < -0.3 is 10.2 Å². The number of aromatic amines is 1. The molecule has 0 aromatic carbocycles. The number of aromatic nitrogens is 2. The molecule has 15 heavy (non-hydrogen) atoms. The van der Waals surface area contributed by atoms with Crippen molar-refractivity contribution in [2.45, 2.75) is 13.0 Å². The van der Waals surface area contributed by atoms with E-state index >= 15 is 0 Å². The molecule has 1 unspecified atom stereocenters. The summed E-state index contributed by atoms with van der Waals surface area (Å²) in [7, 11) is 3.98. The normalized spacial score (nSPS) is 12.9. The maximum absolute atomic E-state index is 11.1.